The summed E-state index contributed by atoms with van der Waals surface area (Å²) in [6.07, 6.45) is 3.41. The minimum absolute atomic E-state index is 0.109. The van der Waals surface area contributed by atoms with Crippen molar-refractivity contribution in [1.82, 2.24) is 10.2 Å². The molecular weight excluding hydrogens is 262 g/mol. The summed E-state index contributed by atoms with van der Waals surface area (Å²) >= 11 is 0. The Bertz CT molecular complexity index is 489. The molecule has 1 saturated heterocycles. The quantitative estimate of drug-likeness (QED) is 0.828. The van der Waals surface area contributed by atoms with E-state index in [1.807, 2.05) is 0 Å². The second kappa shape index (κ2) is 6.31. The average Bonchev–Trinajstić information content (AvgIpc) is 2.72. The molecule has 108 valence electrons. The van der Waals surface area contributed by atoms with Crippen molar-refractivity contribution in [2.45, 2.75) is 31.7 Å². The number of hydrogen-bond donors (Lipinski definition) is 1. The Labute approximate surface area is 116 Å². The number of aromatic nitrogens is 2. The van der Waals surface area contributed by atoms with E-state index in [1.165, 1.54) is 13.2 Å². The van der Waals surface area contributed by atoms with Crippen LogP contribution in [0.15, 0.2) is 12.1 Å². The number of methoxy groups -OCH3 is 1. The first-order valence-corrected chi connectivity index (χ1v) is 6.55. The molecule has 2 rings (SSSR count). The zero-order valence-electron chi connectivity index (χ0n) is 11.3. The highest BCUT2D eigenvalue weighted by atomic mass is 16.5. The fraction of sp³-hybridized carbons (Fsp3) is 0.538. The van der Waals surface area contributed by atoms with E-state index < -0.39 is 18.0 Å². The van der Waals surface area contributed by atoms with Gasteiger partial charge in [-0.15, -0.1) is 10.2 Å². The molecule has 0 saturated carbocycles. The Kier molecular flexibility index (Phi) is 4.49. The van der Waals surface area contributed by atoms with E-state index in [0.717, 1.165) is 19.3 Å². The molecule has 1 aromatic rings. The van der Waals surface area contributed by atoms with Crippen LogP contribution in [-0.4, -0.2) is 46.9 Å². The van der Waals surface area contributed by atoms with Gasteiger partial charge >= 0.3 is 11.9 Å². The van der Waals surface area contributed by atoms with Crippen molar-refractivity contribution in [3.63, 3.8) is 0 Å². The van der Waals surface area contributed by atoms with Gasteiger partial charge in [-0.3, -0.25) is 0 Å². The average molecular weight is 279 g/mol. The summed E-state index contributed by atoms with van der Waals surface area (Å²) in [6, 6.07) is 2.52. The summed E-state index contributed by atoms with van der Waals surface area (Å²) in [7, 11) is 1.27. The van der Waals surface area contributed by atoms with Gasteiger partial charge in [0.05, 0.1) is 7.11 Å². The van der Waals surface area contributed by atoms with Crippen LogP contribution in [0.3, 0.4) is 0 Å². The second-order valence-corrected chi connectivity index (χ2v) is 4.67. The van der Waals surface area contributed by atoms with E-state index in [-0.39, 0.29) is 5.69 Å². The number of carboxylic acid groups (broad SMARTS) is 1. The van der Waals surface area contributed by atoms with Gasteiger partial charge in [-0.05, 0) is 25.0 Å². The van der Waals surface area contributed by atoms with E-state index in [2.05, 4.69) is 14.9 Å². The number of hydrogen-bond acceptors (Lipinski definition) is 6. The largest absolute Gasteiger partial charge is 0.480 e. The number of nitrogens with zero attached hydrogens (tertiary/aromatic N) is 3. The molecule has 2 heterocycles. The molecule has 1 unspecified atom stereocenters. The maximum absolute atomic E-state index is 11.3. The first-order chi connectivity index (χ1) is 9.63. The van der Waals surface area contributed by atoms with E-state index in [9.17, 15) is 14.7 Å². The summed E-state index contributed by atoms with van der Waals surface area (Å²) in [5, 5.41) is 17.1. The summed E-state index contributed by atoms with van der Waals surface area (Å²) in [4.78, 5) is 24.4. The Morgan fingerprint density at radius 2 is 2.10 bits per heavy atom. The number of carbonyl (C=O) groups excluding carboxylic acids is 1. The molecule has 0 amide bonds. The molecule has 0 spiro atoms. The lowest BCUT2D eigenvalue weighted by Gasteiger charge is -2.27. The van der Waals surface area contributed by atoms with Gasteiger partial charge in [0, 0.05) is 6.54 Å². The van der Waals surface area contributed by atoms with Gasteiger partial charge in [0.1, 0.15) is 6.04 Å². The zero-order valence-corrected chi connectivity index (χ0v) is 11.3. The number of rotatable bonds is 3. The Balaban J connectivity index is 2.23. The zero-order chi connectivity index (χ0) is 14.5. The van der Waals surface area contributed by atoms with Gasteiger partial charge in [-0.1, -0.05) is 12.8 Å². The van der Waals surface area contributed by atoms with Crippen molar-refractivity contribution in [3.05, 3.63) is 17.8 Å². The van der Waals surface area contributed by atoms with Gasteiger partial charge in [0.2, 0.25) is 0 Å². The molecule has 1 aromatic heterocycles. The van der Waals surface area contributed by atoms with Gasteiger partial charge in [-0.25, -0.2) is 9.59 Å². The molecule has 1 aliphatic rings. The molecule has 7 heteroatoms. The van der Waals surface area contributed by atoms with Gasteiger partial charge in [0.15, 0.2) is 11.5 Å². The first-order valence-electron chi connectivity index (χ1n) is 6.55. The first kappa shape index (κ1) is 14.2. The van der Waals surface area contributed by atoms with Crippen LogP contribution < -0.4 is 4.90 Å². The van der Waals surface area contributed by atoms with Crippen molar-refractivity contribution in [1.29, 1.82) is 0 Å². The third kappa shape index (κ3) is 3.04. The number of carboxylic acids is 1. The van der Waals surface area contributed by atoms with Crippen LogP contribution in [0.2, 0.25) is 0 Å². The van der Waals surface area contributed by atoms with E-state index in [1.54, 1.807) is 11.0 Å². The number of aliphatic carboxylic acids is 1. The summed E-state index contributed by atoms with van der Waals surface area (Å²) in [5.41, 5.74) is 0.109. The van der Waals surface area contributed by atoms with Crippen LogP contribution in [0.25, 0.3) is 0 Å². The second-order valence-electron chi connectivity index (χ2n) is 4.67. The summed E-state index contributed by atoms with van der Waals surface area (Å²) in [5.74, 6) is -0.938. The van der Waals surface area contributed by atoms with Crippen LogP contribution in [0.1, 0.15) is 36.2 Å². The van der Waals surface area contributed by atoms with Crippen LogP contribution in [0.5, 0.6) is 0 Å². The van der Waals surface area contributed by atoms with Crippen molar-refractivity contribution < 1.29 is 19.4 Å². The SMILES string of the molecule is COC(=O)c1ccc(N2CCCCCC2C(=O)O)nn1. The predicted molar refractivity (Wildman–Crippen MR) is 70.6 cm³/mol. The lowest BCUT2D eigenvalue weighted by Crippen LogP contribution is -2.41. The van der Waals surface area contributed by atoms with Crippen LogP contribution >= 0.6 is 0 Å². The topological polar surface area (TPSA) is 92.6 Å². The third-order valence-corrected chi connectivity index (χ3v) is 3.38. The highest BCUT2D eigenvalue weighted by Gasteiger charge is 2.28. The maximum atomic E-state index is 11.3. The van der Waals surface area contributed by atoms with E-state index in [0.29, 0.717) is 18.8 Å². The molecule has 1 N–H and O–H groups in total. The molecule has 0 radical (unpaired) electrons. The minimum Gasteiger partial charge on any atom is -0.480 e. The molecule has 20 heavy (non-hydrogen) atoms. The van der Waals surface area contributed by atoms with Crippen molar-refractivity contribution in [2.24, 2.45) is 0 Å². The number of esters is 1. The predicted octanol–water partition coefficient (Wildman–Crippen LogP) is 1.10. The van der Waals surface area contributed by atoms with Gasteiger partial charge < -0.3 is 14.7 Å². The Hall–Kier alpha value is -2.18. The molecule has 1 atom stereocenters. The smallest absolute Gasteiger partial charge is 0.358 e. The lowest BCUT2D eigenvalue weighted by atomic mass is 10.1. The summed E-state index contributed by atoms with van der Waals surface area (Å²) in [6.45, 7) is 0.628. The Morgan fingerprint density at radius 1 is 1.30 bits per heavy atom. The number of ether oxygens (including phenoxy) is 1. The summed E-state index contributed by atoms with van der Waals surface area (Å²) < 4.78 is 4.55. The molecular formula is C13H17N3O4. The fourth-order valence-electron chi connectivity index (χ4n) is 2.33. The van der Waals surface area contributed by atoms with Crippen LogP contribution in [0.4, 0.5) is 5.82 Å². The Morgan fingerprint density at radius 3 is 2.70 bits per heavy atom. The van der Waals surface area contributed by atoms with E-state index >= 15 is 0 Å². The molecule has 7 nitrogen and oxygen atoms in total. The maximum Gasteiger partial charge on any atom is 0.358 e. The monoisotopic (exact) mass is 279 g/mol. The van der Waals surface area contributed by atoms with Crippen molar-refractivity contribution in [2.75, 3.05) is 18.6 Å². The van der Waals surface area contributed by atoms with Gasteiger partial charge in [0.25, 0.3) is 0 Å². The van der Waals surface area contributed by atoms with Crippen LogP contribution in [-0.2, 0) is 9.53 Å². The third-order valence-electron chi connectivity index (χ3n) is 3.38. The molecule has 0 aliphatic carbocycles. The van der Waals surface area contributed by atoms with Crippen molar-refractivity contribution in [3.8, 4) is 0 Å². The molecule has 0 bridgehead atoms. The molecule has 1 fully saturated rings. The van der Waals surface area contributed by atoms with Gasteiger partial charge in [-0.2, -0.15) is 0 Å². The number of anilines is 1. The van der Waals surface area contributed by atoms with E-state index in [4.69, 9.17) is 0 Å². The normalized spacial score (nSPS) is 19.2. The standard InChI is InChI=1S/C13H17N3O4/c1-20-13(19)9-6-7-11(15-14-9)16-8-4-2-3-5-10(16)12(17)18/h6-7,10H,2-5,8H2,1H3,(H,17,18). The highest BCUT2D eigenvalue weighted by molar-refractivity contribution is 5.87. The lowest BCUT2D eigenvalue weighted by molar-refractivity contribution is -0.138. The molecule has 1 aliphatic heterocycles. The fourth-order valence-corrected chi connectivity index (χ4v) is 2.33. The number of carbonyl (C=O) groups is 2. The molecule has 0 aromatic carbocycles. The minimum atomic E-state index is -0.856. The highest BCUT2D eigenvalue weighted by Crippen LogP contribution is 2.22. The van der Waals surface area contributed by atoms with Crippen LogP contribution in [0, 0.1) is 0 Å². The van der Waals surface area contributed by atoms with Crippen molar-refractivity contribution >= 4 is 17.8 Å².